The Bertz CT molecular complexity index is 1770. The van der Waals surface area contributed by atoms with Crippen molar-refractivity contribution < 1.29 is 27.6 Å². The first-order chi connectivity index (χ1) is 19.7. The second kappa shape index (κ2) is 10.1. The molecule has 1 aliphatic rings. The maximum Gasteiger partial charge on any atom is 0.416 e. The molecule has 0 atom stereocenters. The fourth-order valence-electron chi connectivity index (χ4n) is 4.70. The molecule has 0 radical (unpaired) electrons. The normalized spacial score (nSPS) is 15.0. The predicted octanol–water partition coefficient (Wildman–Crippen LogP) is 6.10. The minimum Gasteiger partial charge on any atom is -0.357 e. The molecule has 1 fully saturated rings. The number of amides is 4. The van der Waals surface area contributed by atoms with E-state index < -0.39 is 35.1 Å². The minimum atomic E-state index is -4.72. The average molecular weight is 577 g/mol. The first kappa shape index (κ1) is 28.5. The molecule has 4 amide bonds. The van der Waals surface area contributed by atoms with E-state index in [9.17, 15) is 27.6 Å². The van der Waals surface area contributed by atoms with Gasteiger partial charge in [0.15, 0.2) is 0 Å². The molecule has 0 unspecified atom stereocenters. The molecule has 0 bridgehead atoms. The number of carbonyl (C=O) groups is 3. The number of urea groups is 1. The highest BCUT2D eigenvalue weighted by Crippen LogP contribution is 2.39. The second-order valence-corrected chi connectivity index (χ2v) is 10.5. The summed E-state index contributed by atoms with van der Waals surface area (Å²) in [5, 5.41) is 6.18. The van der Waals surface area contributed by atoms with Crippen LogP contribution in [0.4, 0.5) is 35.3 Å². The van der Waals surface area contributed by atoms with Gasteiger partial charge in [-0.3, -0.25) is 9.59 Å². The number of halogens is 3. The summed E-state index contributed by atoms with van der Waals surface area (Å²) in [5.41, 5.74) is 0.494. The summed E-state index contributed by atoms with van der Waals surface area (Å²) in [6.07, 6.45) is -3.05. The van der Waals surface area contributed by atoms with Gasteiger partial charge in [-0.2, -0.15) is 13.2 Å². The quantitative estimate of drug-likeness (QED) is 0.278. The summed E-state index contributed by atoms with van der Waals surface area (Å²) in [4.78, 5) is 50.2. The average Bonchev–Trinajstić information content (AvgIpc) is 3.10. The number of benzene rings is 3. The van der Waals surface area contributed by atoms with Crippen LogP contribution in [-0.4, -0.2) is 52.3 Å². The summed E-state index contributed by atoms with van der Waals surface area (Å²) in [5.74, 6) is -0.872. The van der Waals surface area contributed by atoms with Crippen LogP contribution in [0.25, 0.3) is 22.0 Å². The molecule has 4 aromatic rings. The number of aromatic nitrogens is 2. The monoisotopic (exact) mass is 576 g/mol. The van der Waals surface area contributed by atoms with E-state index in [1.807, 2.05) is 25.1 Å². The highest BCUT2D eigenvalue weighted by atomic mass is 19.4. The molecule has 1 saturated heterocycles. The zero-order valence-electron chi connectivity index (χ0n) is 23.4. The van der Waals surface area contributed by atoms with E-state index in [4.69, 9.17) is 0 Å². The third-order valence-corrected chi connectivity index (χ3v) is 7.47. The number of anilines is 3. The van der Waals surface area contributed by atoms with Gasteiger partial charge >= 0.3 is 12.2 Å². The minimum absolute atomic E-state index is 0.161. The molecule has 1 aliphatic heterocycles. The fourth-order valence-corrected chi connectivity index (χ4v) is 4.70. The lowest BCUT2D eigenvalue weighted by Crippen LogP contribution is -2.41. The van der Waals surface area contributed by atoms with Gasteiger partial charge in [0.25, 0.3) is 11.8 Å². The molecule has 12 heteroatoms. The van der Waals surface area contributed by atoms with Gasteiger partial charge < -0.3 is 15.5 Å². The number of hydrogen-bond acceptors (Lipinski definition) is 6. The van der Waals surface area contributed by atoms with Crippen LogP contribution in [0.5, 0.6) is 0 Å². The summed E-state index contributed by atoms with van der Waals surface area (Å²) in [7, 11) is 3.15. The molecule has 9 nitrogen and oxygen atoms in total. The second-order valence-electron chi connectivity index (χ2n) is 10.5. The van der Waals surface area contributed by atoms with Crippen LogP contribution in [0.1, 0.15) is 35.3 Å². The van der Waals surface area contributed by atoms with Crippen molar-refractivity contribution in [1.29, 1.82) is 0 Å². The molecule has 2 heterocycles. The van der Waals surface area contributed by atoms with Crippen molar-refractivity contribution in [3.8, 4) is 11.1 Å². The van der Waals surface area contributed by atoms with Crippen LogP contribution in [0.2, 0.25) is 0 Å². The lowest BCUT2D eigenvalue weighted by Gasteiger charge is -2.22. The van der Waals surface area contributed by atoms with E-state index in [1.165, 1.54) is 25.8 Å². The van der Waals surface area contributed by atoms with Crippen molar-refractivity contribution in [3.63, 3.8) is 0 Å². The van der Waals surface area contributed by atoms with Gasteiger partial charge in [0.05, 0.1) is 22.5 Å². The van der Waals surface area contributed by atoms with Crippen LogP contribution >= 0.6 is 0 Å². The molecule has 2 N–H and O–H groups in total. The lowest BCUT2D eigenvalue weighted by molar-refractivity contribution is -0.137. The molecule has 5 rings (SSSR count). The molecule has 3 aromatic carbocycles. The summed E-state index contributed by atoms with van der Waals surface area (Å²) in [6.45, 7) is 4.93. The highest BCUT2D eigenvalue weighted by molar-refractivity contribution is 6.24. The van der Waals surface area contributed by atoms with Gasteiger partial charge in [-0.25, -0.2) is 19.7 Å². The third-order valence-electron chi connectivity index (χ3n) is 7.47. The van der Waals surface area contributed by atoms with Crippen molar-refractivity contribution in [2.24, 2.45) is 0 Å². The number of rotatable bonds is 5. The van der Waals surface area contributed by atoms with Crippen LogP contribution in [-0.2, 0) is 11.0 Å². The maximum absolute atomic E-state index is 13.6. The SMILES string of the molecule is CNc1ncc2cc(-c3cc(C(=O)Nc4cc(C(F)(F)F)ccc4N4C(=O)N(C)C(C)(C)C4=O)ccc3C)ccc2n1. The van der Waals surface area contributed by atoms with E-state index in [2.05, 4.69) is 20.6 Å². The van der Waals surface area contributed by atoms with Crippen LogP contribution in [0.3, 0.4) is 0 Å². The standard InChI is InChI=1S/C30H27F3N6O3/c1-16-6-7-18(13-21(16)17-8-10-22-19(12-17)15-35-27(34-4)37-22)25(40)36-23-14-20(30(31,32)33)9-11-24(23)39-26(41)29(2,3)38(5)28(39)42/h6-15H,1-5H3,(H,36,40)(H,34,35,37). The van der Waals surface area contributed by atoms with Crippen LogP contribution < -0.4 is 15.5 Å². The topological polar surface area (TPSA) is 108 Å². The zero-order valence-corrected chi connectivity index (χ0v) is 23.4. The first-order valence-electron chi connectivity index (χ1n) is 12.9. The molecule has 216 valence electrons. The van der Waals surface area contributed by atoms with Gasteiger partial charge in [-0.15, -0.1) is 0 Å². The summed E-state index contributed by atoms with van der Waals surface area (Å²) < 4.78 is 40.9. The molecular formula is C30H27F3N6O3. The largest absolute Gasteiger partial charge is 0.416 e. The van der Waals surface area contributed by atoms with Gasteiger partial charge in [-0.1, -0.05) is 12.1 Å². The number of nitrogens with zero attached hydrogens (tertiary/aromatic N) is 4. The van der Waals surface area contributed by atoms with Crippen molar-refractivity contribution >= 4 is 46.1 Å². The number of imide groups is 1. The van der Waals surface area contributed by atoms with E-state index >= 15 is 0 Å². The van der Waals surface area contributed by atoms with Gasteiger partial charge in [0.2, 0.25) is 5.95 Å². The van der Waals surface area contributed by atoms with Crippen molar-refractivity contribution in [2.75, 3.05) is 29.6 Å². The summed E-state index contributed by atoms with van der Waals surface area (Å²) in [6, 6.07) is 12.3. The Morgan fingerprint density at radius 3 is 2.38 bits per heavy atom. The highest BCUT2D eigenvalue weighted by Gasteiger charge is 2.50. The van der Waals surface area contributed by atoms with E-state index in [-0.39, 0.29) is 16.9 Å². The van der Waals surface area contributed by atoms with E-state index in [0.29, 0.717) is 5.95 Å². The number of nitrogens with one attached hydrogen (secondary N) is 2. The Kier molecular flexibility index (Phi) is 6.88. The van der Waals surface area contributed by atoms with Crippen LogP contribution in [0.15, 0.2) is 60.8 Å². The number of aryl methyl sites for hydroxylation is 1. The predicted molar refractivity (Wildman–Crippen MR) is 153 cm³/mol. The number of likely N-dealkylation sites (N-methyl/N-ethyl adjacent to an activating group) is 1. The first-order valence-corrected chi connectivity index (χ1v) is 12.9. The molecule has 0 saturated carbocycles. The number of alkyl halides is 3. The lowest BCUT2D eigenvalue weighted by atomic mass is 9.97. The molecular weight excluding hydrogens is 549 g/mol. The maximum atomic E-state index is 13.6. The Hall–Kier alpha value is -5.00. The molecule has 0 aliphatic carbocycles. The van der Waals surface area contributed by atoms with E-state index in [1.54, 1.807) is 31.4 Å². The molecule has 42 heavy (non-hydrogen) atoms. The van der Waals surface area contributed by atoms with E-state index in [0.717, 1.165) is 50.7 Å². The Balaban J connectivity index is 1.53. The smallest absolute Gasteiger partial charge is 0.357 e. The Morgan fingerprint density at radius 1 is 1.00 bits per heavy atom. The zero-order chi connectivity index (χ0) is 30.6. The number of fused-ring (bicyclic) bond motifs is 1. The number of carbonyl (C=O) groups excluding carboxylic acids is 3. The van der Waals surface area contributed by atoms with Gasteiger partial charge in [0.1, 0.15) is 5.54 Å². The molecule has 1 aromatic heterocycles. The Labute approximate surface area is 239 Å². The van der Waals surface area contributed by atoms with Gasteiger partial charge in [0, 0.05) is 31.2 Å². The van der Waals surface area contributed by atoms with Crippen molar-refractivity contribution in [1.82, 2.24) is 14.9 Å². The van der Waals surface area contributed by atoms with Gasteiger partial charge in [-0.05, 0) is 79.9 Å². The van der Waals surface area contributed by atoms with Crippen molar-refractivity contribution in [3.05, 3.63) is 77.5 Å². The number of hydrogen-bond donors (Lipinski definition) is 2. The fraction of sp³-hybridized carbons (Fsp3) is 0.233. The summed E-state index contributed by atoms with van der Waals surface area (Å²) >= 11 is 0. The van der Waals surface area contributed by atoms with Crippen molar-refractivity contribution in [2.45, 2.75) is 32.5 Å². The third kappa shape index (κ3) is 4.89. The molecule has 0 spiro atoms. The Morgan fingerprint density at radius 2 is 1.74 bits per heavy atom. The van der Waals surface area contributed by atoms with Crippen LogP contribution in [0, 0.1) is 6.92 Å².